The van der Waals surface area contributed by atoms with Crippen molar-refractivity contribution in [1.82, 2.24) is 14.5 Å². The molecule has 7 nitrogen and oxygen atoms in total. The van der Waals surface area contributed by atoms with E-state index in [2.05, 4.69) is 4.98 Å². The molecule has 10 heteroatoms. The number of aliphatic hydroxyl groups excluding tert-OH is 1. The highest BCUT2D eigenvalue weighted by molar-refractivity contribution is 6.31. The predicted octanol–water partition coefficient (Wildman–Crippen LogP) is 3.03. The lowest BCUT2D eigenvalue weighted by molar-refractivity contribution is -0.132. The number of aromatic nitrogens is 2. The fourth-order valence-corrected chi connectivity index (χ4v) is 3.83. The van der Waals surface area contributed by atoms with Gasteiger partial charge in [0.15, 0.2) is 5.02 Å². The Hall–Kier alpha value is -3.30. The van der Waals surface area contributed by atoms with Crippen LogP contribution in [0.3, 0.4) is 0 Å². The number of hydrogen-bond donors (Lipinski definition) is 1. The van der Waals surface area contributed by atoms with Crippen LogP contribution in [0.25, 0.3) is 0 Å². The number of carbonyl (C=O) groups is 1. The van der Waals surface area contributed by atoms with E-state index in [0.29, 0.717) is 13.1 Å². The number of hydrogen-bond acceptors (Lipinski definition) is 5. The molecule has 1 aliphatic rings. The first-order valence-corrected chi connectivity index (χ1v) is 10.5. The van der Waals surface area contributed by atoms with E-state index in [1.165, 1.54) is 17.0 Å². The molecule has 1 aliphatic heterocycles. The molecule has 0 fully saturated rings. The van der Waals surface area contributed by atoms with Crippen molar-refractivity contribution in [3.8, 4) is 5.88 Å². The van der Waals surface area contributed by atoms with Gasteiger partial charge in [0.2, 0.25) is 11.8 Å². The van der Waals surface area contributed by atoms with Crippen LogP contribution in [0.15, 0.2) is 47.5 Å². The van der Waals surface area contributed by atoms with Crippen molar-refractivity contribution < 1.29 is 23.4 Å². The zero-order valence-electron chi connectivity index (χ0n) is 17.4. The molecule has 0 saturated carbocycles. The summed E-state index contributed by atoms with van der Waals surface area (Å²) in [5.41, 5.74) is 2.40. The second-order valence-electron chi connectivity index (χ2n) is 7.65. The van der Waals surface area contributed by atoms with Crippen LogP contribution in [0.5, 0.6) is 5.88 Å². The molecule has 1 N–H and O–H groups in total. The van der Waals surface area contributed by atoms with Crippen molar-refractivity contribution in [3.63, 3.8) is 0 Å². The fraction of sp³-hybridized carbons (Fsp3) is 0.261. The van der Waals surface area contributed by atoms with Crippen LogP contribution in [-0.4, -0.2) is 32.1 Å². The van der Waals surface area contributed by atoms with Gasteiger partial charge < -0.3 is 14.7 Å². The molecule has 1 amide bonds. The zero-order chi connectivity index (χ0) is 23.5. The molecule has 0 radical (unpaired) electrons. The largest absolute Gasteiger partial charge is 0.471 e. The second kappa shape index (κ2) is 9.68. The number of aliphatic hydroxyl groups is 1. The summed E-state index contributed by atoms with van der Waals surface area (Å²) < 4.78 is 33.5. The lowest BCUT2D eigenvalue weighted by Gasteiger charge is -2.14. The average molecular weight is 476 g/mol. The summed E-state index contributed by atoms with van der Waals surface area (Å²) in [7, 11) is 0. The van der Waals surface area contributed by atoms with Crippen LogP contribution in [0, 0.1) is 11.6 Å². The summed E-state index contributed by atoms with van der Waals surface area (Å²) in [6, 6.07) is 8.78. The Morgan fingerprint density at radius 3 is 2.70 bits per heavy atom. The van der Waals surface area contributed by atoms with Gasteiger partial charge in [0.05, 0.1) is 13.2 Å². The predicted molar refractivity (Wildman–Crippen MR) is 116 cm³/mol. The van der Waals surface area contributed by atoms with Gasteiger partial charge in [0, 0.05) is 31.1 Å². The summed E-state index contributed by atoms with van der Waals surface area (Å²) in [4.78, 5) is 30.4. The first kappa shape index (κ1) is 22.9. The minimum atomic E-state index is -0.771. The summed E-state index contributed by atoms with van der Waals surface area (Å²) >= 11 is 6.13. The Kier molecular flexibility index (Phi) is 6.71. The molecule has 0 spiro atoms. The molecule has 0 unspecified atom stereocenters. The van der Waals surface area contributed by atoms with Crippen LogP contribution in [0.4, 0.5) is 8.78 Å². The third-order valence-electron chi connectivity index (χ3n) is 5.35. The number of fused-ring (bicyclic) bond motifs is 1. The summed E-state index contributed by atoms with van der Waals surface area (Å²) in [5.74, 6) is -1.73. The molecule has 1 aromatic heterocycles. The Bertz CT molecular complexity index is 1260. The molecule has 3 aromatic rings. The lowest BCUT2D eigenvalue weighted by Crippen LogP contribution is -2.25. The second-order valence-corrected chi connectivity index (χ2v) is 8.03. The van der Waals surface area contributed by atoms with Crippen LogP contribution >= 0.6 is 11.6 Å². The normalized spacial score (nSPS) is 12.7. The Labute approximate surface area is 192 Å². The van der Waals surface area contributed by atoms with E-state index < -0.39 is 17.2 Å². The maximum Gasteiger partial charge on any atom is 0.276 e. The monoisotopic (exact) mass is 475 g/mol. The first-order chi connectivity index (χ1) is 15.9. The first-order valence-electron chi connectivity index (χ1n) is 10.2. The standard InChI is InChI=1S/C23H20ClF2N3O4/c24-21-22(33-12-16-3-4-18(25)8-19(16)26)27-13-29(23(21)32)9-14-1-2-15-10-28(11-17(15)7-14)20(31)5-6-30/h1-4,7-8,13,30H,5-6,9-12H2. The molecule has 2 aromatic carbocycles. The van der Waals surface area contributed by atoms with Crippen molar-refractivity contribution in [2.75, 3.05) is 6.61 Å². The number of benzene rings is 2. The molecule has 172 valence electrons. The van der Waals surface area contributed by atoms with E-state index in [0.717, 1.165) is 28.8 Å². The number of nitrogens with zero attached hydrogens (tertiary/aromatic N) is 3. The third-order valence-corrected chi connectivity index (χ3v) is 5.68. The number of carbonyl (C=O) groups excluding carboxylic acids is 1. The SMILES string of the molecule is O=C(CCO)N1Cc2ccc(Cn3cnc(OCc4ccc(F)cc4F)c(Cl)c3=O)cc2C1. The molecule has 0 atom stereocenters. The van der Waals surface area contributed by atoms with Crippen LogP contribution < -0.4 is 10.3 Å². The minimum Gasteiger partial charge on any atom is -0.471 e. The van der Waals surface area contributed by atoms with Gasteiger partial charge in [-0.05, 0) is 28.8 Å². The van der Waals surface area contributed by atoms with Gasteiger partial charge in [-0.3, -0.25) is 14.2 Å². The molecule has 2 heterocycles. The molecule has 4 rings (SSSR count). The van der Waals surface area contributed by atoms with Crippen LogP contribution in [0.1, 0.15) is 28.7 Å². The van der Waals surface area contributed by atoms with Gasteiger partial charge in [-0.15, -0.1) is 0 Å². The molecular weight excluding hydrogens is 456 g/mol. The highest BCUT2D eigenvalue weighted by Crippen LogP contribution is 2.25. The summed E-state index contributed by atoms with van der Waals surface area (Å²) in [6.07, 6.45) is 1.37. The van der Waals surface area contributed by atoms with E-state index in [1.807, 2.05) is 18.2 Å². The maximum atomic E-state index is 13.8. The van der Waals surface area contributed by atoms with E-state index >= 15 is 0 Å². The number of halogens is 3. The Balaban J connectivity index is 1.46. The highest BCUT2D eigenvalue weighted by Gasteiger charge is 2.23. The van der Waals surface area contributed by atoms with Crippen molar-refractivity contribution in [1.29, 1.82) is 0 Å². The van der Waals surface area contributed by atoms with Crippen molar-refractivity contribution in [3.05, 3.63) is 92.0 Å². The smallest absolute Gasteiger partial charge is 0.276 e. The topological polar surface area (TPSA) is 84.7 Å². The molecular formula is C23H20ClF2N3O4. The molecule has 0 aliphatic carbocycles. The Morgan fingerprint density at radius 1 is 1.15 bits per heavy atom. The molecule has 33 heavy (non-hydrogen) atoms. The summed E-state index contributed by atoms with van der Waals surface area (Å²) in [6.45, 7) is 0.687. The average Bonchev–Trinajstić information content (AvgIpc) is 3.21. The minimum absolute atomic E-state index is 0.0859. The third kappa shape index (κ3) is 5.04. The quantitative estimate of drug-likeness (QED) is 0.568. The molecule has 0 saturated heterocycles. The lowest BCUT2D eigenvalue weighted by atomic mass is 10.1. The van der Waals surface area contributed by atoms with E-state index in [1.54, 1.807) is 4.90 Å². The van der Waals surface area contributed by atoms with Gasteiger partial charge in [-0.1, -0.05) is 29.8 Å². The zero-order valence-corrected chi connectivity index (χ0v) is 18.2. The van der Waals surface area contributed by atoms with E-state index in [-0.39, 0.29) is 48.6 Å². The van der Waals surface area contributed by atoms with Gasteiger partial charge in [0.25, 0.3) is 5.56 Å². The van der Waals surface area contributed by atoms with E-state index in [4.69, 9.17) is 21.4 Å². The molecule has 0 bridgehead atoms. The maximum absolute atomic E-state index is 13.8. The van der Waals surface area contributed by atoms with Gasteiger partial charge in [0.1, 0.15) is 24.6 Å². The van der Waals surface area contributed by atoms with Crippen molar-refractivity contribution >= 4 is 17.5 Å². The van der Waals surface area contributed by atoms with Crippen molar-refractivity contribution in [2.24, 2.45) is 0 Å². The Morgan fingerprint density at radius 2 is 1.94 bits per heavy atom. The summed E-state index contributed by atoms with van der Waals surface area (Å²) in [5, 5.41) is 8.72. The fourth-order valence-electron chi connectivity index (χ4n) is 3.62. The van der Waals surface area contributed by atoms with Crippen molar-refractivity contribution in [2.45, 2.75) is 32.7 Å². The number of rotatable bonds is 7. The van der Waals surface area contributed by atoms with Gasteiger partial charge >= 0.3 is 0 Å². The number of ether oxygens (including phenoxy) is 1. The van der Waals surface area contributed by atoms with Crippen LogP contribution in [0.2, 0.25) is 5.02 Å². The van der Waals surface area contributed by atoms with E-state index in [9.17, 15) is 18.4 Å². The highest BCUT2D eigenvalue weighted by atomic mass is 35.5. The van der Waals surface area contributed by atoms with Gasteiger partial charge in [-0.25, -0.2) is 13.8 Å². The van der Waals surface area contributed by atoms with Gasteiger partial charge in [-0.2, -0.15) is 0 Å². The van der Waals surface area contributed by atoms with Crippen LogP contribution in [-0.2, 0) is 31.0 Å². The number of amides is 1.